The molecule has 6 nitrogen and oxygen atoms in total. The van der Waals surface area contributed by atoms with Crippen LogP contribution in [0.1, 0.15) is 17.5 Å². The summed E-state index contributed by atoms with van der Waals surface area (Å²) in [4.78, 5) is 13.9. The zero-order chi connectivity index (χ0) is 19.0. The number of hydrogen-bond acceptors (Lipinski definition) is 5. The van der Waals surface area contributed by atoms with Crippen molar-refractivity contribution in [1.29, 1.82) is 0 Å². The van der Waals surface area contributed by atoms with E-state index >= 15 is 0 Å². The van der Waals surface area contributed by atoms with Gasteiger partial charge in [-0.3, -0.25) is 4.79 Å². The molecule has 1 saturated heterocycles. The molecule has 142 valence electrons. The second-order valence-electron chi connectivity index (χ2n) is 6.92. The number of esters is 1. The molecule has 0 aromatic heterocycles. The van der Waals surface area contributed by atoms with Gasteiger partial charge in [-0.25, -0.2) is 8.42 Å². The zero-order valence-corrected chi connectivity index (χ0v) is 16.0. The third kappa shape index (κ3) is 3.44. The zero-order valence-electron chi connectivity index (χ0n) is 15.2. The van der Waals surface area contributed by atoms with Gasteiger partial charge in [0.05, 0.1) is 11.3 Å². The Labute approximate surface area is 159 Å². The van der Waals surface area contributed by atoms with Crippen LogP contribution in [0, 0.1) is 6.92 Å². The topological polar surface area (TPSA) is 66.9 Å². The summed E-state index contributed by atoms with van der Waals surface area (Å²) in [6.45, 7) is 4.28. The van der Waals surface area contributed by atoms with E-state index in [1.54, 1.807) is 16.4 Å². The largest absolute Gasteiger partial charge is 0.426 e. The number of ether oxygens (including phenoxy) is 1. The molecular formula is C20H22N2O4S. The van der Waals surface area contributed by atoms with E-state index in [9.17, 15) is 13.2 Å². The Morgan fingerprint density at radius 3 is 2.44 bits per heavy atom. The number of rotatable bonds is 3. The van der Waals surface area contributed by atoms with Crippen molar-refractivity contribution in [3.05, 3.63) is 53.6 Å². The highest BCUT2D eigenvalue weighted by molar-refractivity contribution is 7.89. The van der Waals surface area contributed by atoms with Crippen molar-refractivity contribution in [2.24, 2.45) is 0 Å². The van der Waals surface area contributed by atoms with E-state index in [2.05, 4.69) is 24.0 Å². The van der Waals surface area contributed by atoms with E-state index in [1.165, 1.54) is 11.6 Å². The monoisotopic (exact) mass is 386 g/mol. The lowest BCUT2D eigenvalue weighted by Gasteiger charge is -2.36. The van der Waals surface area contributed by atoms with Crippen LogP contribution in [0.2, 0.25) is 0 Å². The molecule has 2 aromatic carbocycles. The summed E-state index contributed by atoms with van der Waals surface area (Å²) in [6, 6.07) is 12.9. The number of aryl methyl sites for hydroxylation is 2. The van der Waals surface area contributed by atoms with Gasteiger partial charge in [0.15, 0.2) is 0 Å². The van der Waals surface area contributed by atoms with Crippen molar-refractivity contribution in [2.45, 2.75) is 24.7 Å². The summed E-state index contributed by atoms with van der Waals surface area (Å²) < 4.78 is 32.8. The second kappa shape index (κ2) is 6.98. The molecule has 0 radical (unpaired) electrons. The highest BCUT2D eigenvalue weighted by Gasteiger charge is 2.30. The lowest BCUT2D eigenvalue weighted by Crippen LogP contribution is -2.48. The number of nitrogens with zero attached hydrogens (tertiary/aromatic N) is 2. The third-order valence-corrected chi connectivity index (χ3v) is 7.08. The van der Waals surface area contributed by atoms with Crippen LogP contribution in [0.5, 0.6) is 5.75 Å². The van der Waals surface area contributed by atoms with E-state index in [0.717, 1.165) is 11.3 Å². The first-order valence-corrected chi connectivity index (χ1v) is 10.5. The number of piperazine rings is 1. The first-order chi connectivity index (χ1) is 12.9. The fraction of sp³-hybridized carbons (Fsp3) is 0.350. The van der Waals surface area contributed by atoms with Crippen molar-refractivity contribution in [2.75, 3.05) is 31.1 Å². The van der Waals surface area contributed by atoms with E-state index in [1.807, 2.05) is 12.1 Å². The molecule has 0 aliphatic carbocycles. The first-order valence-electron chi connectivity index (χ1n) is 9.09. The molecule has 27 heavy (non-hydrogen) atoms. The fourth-order valence-electron chi connectivity index (χ4n) is 3.66. The summed E-state index contributed by atoms with van der Waals surface area (Å²) in [5.41, 5.74) is 3.12. The number of anilines is 1. The predicted octanol–water partition coefficient (Wildman–Crippen LogP) is 2.36. The number of hydrogen-bond donors (Lipinski definition) is 0. The molecule has 0 bridgehead atoms. The van der Waals surface area contributed by atoms with Gasteiger partial charge in [0.25, 0.3) is 0 Å². The van der Waals surface area contributed by atoms with Gasteiger partial charge < -0.3 is 9.64 Å². The van der Waals surface area contributed by atoms with Crippen LogP contribution in [0.25, 0.3) is 0 Å². The molecule has 2 heterocycles. The molecule has 1 fully saturated rings. The summed E-state index contributed by atoms with van der Waals surface area (Å²) >= 11 is 0. The van der Waals surface area contributed by atoms with Gasteiger partial charge in [0.1, 0.15) is 5.75 Å². The van der Waals surface area contributed by atoms with Gasteiger partial charge in [-0.05, 0) is 48.7 Å². The summed E-state index contributed by atoms with van der Waals surface area (Å²) in [6.07, 6.45) is 0.796. The van der Waals surface area contributed by atoms with Crippen LogP contribution in [-0.4, -0.2) is 44.9 Å². The number of carbonyl (C=O) groups is 1. The predicted molar refractivity (Wildman–Crippen MR) is 103 cm³/mol. The molecule has 2 aliphatic heterocycles. The van der Waals surface area contributed by atoms with Crippen LogP contribution < -0.4 is 9.64 Å². The highest BCUT2D eigenvalue weighted by atomic mass is 32.2. The lowest BCUT2D eigenvalue weighted by atomic mass is 10.1. The number of sulfonamides is 1. The third-order valence-electron chi connectivity index (χ3n) is 5.19. The average Bonchev–Trinajstić information content (AvgIpc) is 2.68. The Bertz CT molecular complexity index is 979. The molecule has 0 amide bonds. The number of benzene rings is 2. The van der Waals surface area contributed by atoms with Crippen molar-refractivity contribution < 1.29 is 17.9 Å². The molecule has 2 aromatic rings. The molecule has 7 heteroatoms. The van der Waals surface area contributed by atoms with Crippen LogP contribution in [0.4, 0.5) is 5.69 Å². The first kappa shape index (κ1) is 18.0. The Balaban J connectivity index is 1.51. The van der Waals surface area contributed by atoms with Gasteiger partial charge in [-0.2, -0.15) is 4.31 Å². The number of fused-ring (bicyclic) bond motifs is 1. The van der Waals surface area contributed by atoms with Gasteiger partial charge in [-0.15, -0.1) is 0 Å². The van der Waals surface area contributed by atoms with Crippen LogP contribution in [-0.2, 0) is 21.2 Å². The summed E-state index contributed by atoms with van der Waals surface area (Å²) in [7, 11) is -3.56. The molecule has 0 unspecified atom stereocenters. The maximum absolute atomic E-state index is 13.0. The Morgan fingerprint density at radius 1 is 0.963 bits per heavy atom. The standard InChI is InChI=1S/C20H22N2O4S/c1-15-4-2-3-5-18(15)21-10-12-22(13-11-21)27(24,25)17-7-8-19-16(14-17)6-9-20(23)26-19/h2-5,7-8,14H,6,9-13H2,1H3. The van der Waals surface area contributed by atoms with Crippen LogP contribution in [0.3, 0.4) is 0 Å². The van der Waals surface area contributed by atoms with Crippen molar-refractivity contribution >= 4 is 21.7 Å². The van der Waals surface area contributed by atoms with E-state index in [4.69, 9.17) is 4.74 Å². The SMILES string of the molecule is Cc1ccccc1N1CCN(S(=O)(=O)c2ccc3c(c2)CCC(=O)O3)CC1. The Hall–Kier alpha value is -2.38. The Kier molecular flexibility index (Phi) is 4.65. The molecular weight excluding hydrogens is 364 g/mol. The quantitative estimate of drug-likeness (QED) is 0.598. The van der Waals surface area contributed by atoms with Crippen molar-refractivity contribution in [1.82, 2.24) is 4.31 Å². The van der Waals surface area contributed by atoms with Gasteiger partial charge in [0, 0.05) is 31.9 Å². The van der Waals surface area contributed by atoms with E-state index < -0.39 is 10.0 Å². The number of carbonyl (C=O) groups excluding carboxylic acids is 1. The molecule has 4 rings (SSSR count). The van der Waals surface area contributed by atoms with Crippen LogP contribution >= 0.6 is 0 Å². The Morgan fingerprint density at radius 2 is 1.70 bits per heavy atom. The van der Waals surface area contributed by atoms with E-state index in [-0.39, 0.29) is 17.3 Å². The van der Waals surface area contributed by atoms with Crippen molar-refractivity contribution in [3.63, 3.8) is 0 Å². The fourth-order valence-corrected chi connectivity index (χ4v) is 5.13. The van der Waals surface area contributed by atoms with Gasteiger partial charge >= 0.3 is 5.97 Å². The normalized spacial score (nSPS) is 18.1. The minimum Gasteiger partial charge on any atom is -0.426 e. The molecule has 2 aliphatic rings. The molecule has 0 atom stereocenters. The minimum atomic E-state index is -3.56. The molecule has 0 N–H and O–H groups in total. The van der Waals surface area contributed by atoms with E-state index in [0.29, 0.717) is 38.3 Å². The van der Waals surface area contributed by atoms with Gasteiger partial charge in [0.2, 0.25) is 10.0 Å². The maximum atomic E-state index is 13.0. The average molecular weight is 386 g/mol. The molecule has 0 spiro atoms. The number of para-hydroxylation sites is 1. The van der Waals surface area contributed by atoms with Crippen molar-refractivity contribution in [3.8, 4) is 5.75 Å². The highest BCUT2D eigenvalue weighted by Crippen LogP contribution is 2.30. The summed E-state index contributed by atoms with van der Waals surface area (Å²) in [5, 5.41) is 0. The minimum absolute atomic E-state index is 0.267. The molecule has 0 saturated carbocycles. The second-order valence-corrected chi connectivity index (χ2v) is 8.86. The maximum Gasteiger partial charge on any atom is 0.311 e. The van der Waals surface area contributed by atoms with Crippen LogP contribution in [0.15, 0.2) is 47.4 Å². The summed E-state index contributed by atoms with van der Waals surface area (Å²) in [5.74, 6) is 0.194. The smallest absolute Gasteiger partial charge is 0.311 e. The lowest BCUT2D eigenvalue weighted by molar-refractivity contribution is -0.135. The van der Waals surface area contributed by atoms with Gasteiger partial charge in [-0.1, -0.05) is 18.2 Å².